The summed E-state index contributed by atoms with van der Waals surface area (Å²) in [4.78, 5) is 9.83. The second-order valence-corrected chi connectivity index (χ2v) is 2.11. The average Bonchev–Trinajstić information content (AvgIpc) is 1.94. The van der Waals surface area contributed by atoms with E-state index in [1.54, 1.807) is 30.7 Å². The van der Waals surface area contributed by atoms with Crippen molar-refractivity contribution >= 4 is 23.7 Å². The first-order chi connectivity index (χ1) is 4.84. The first kappa shape index (κ1) is 7.09. The zero-order valence-electron chi connectivity index (χ0n) is 5.10. The van der Waals surface area contributed by atoms with E-state index in [1.165, 1.54) is 0 Å². The minimum atomic E-state index is 0.519. The van der Waals surface area contributed by atoms with Gasteiger partial charge < -0.3 is 5.32 Å². The number of carbonyl (C=O) groups excluding carboxylic acids is 1. The van der Waals surface area contributed by atoms with E-state index in [1.807, 2.05) is 0 Å². The van der Waals surface area contributed by atoms with Crippen molar-refractivity contribution in [2.45, 2.75) is 0 Å². The van der Waals surface area contributed by atoms with Crippen LogP contribution in [0.1, 0.15) is 0 Å². The topological polar surface area (TPSA) is 29.1 Å². The van der Waals surface area contributed by atoms with Crippen molar-refractivity contribution in [1.82, 2.24) is 0 Å². The lowest BCUT2D eigenvalue weighted by atomic mass is 10.3. The van der Waals surface area contributed by atoms with Crippen molar-refractivity contribution in [3.63, 3.8) is 0 Å². The van der Waals surface area contributed by atoms with Crippen LogP contribution in [0.5, 0.6) is 0 Å². The van der Waals surface area contributed by atoms with E-state index >= 15 is 0 Å². The Bertz CT molecular complexity index is 237. The van der Waals surface area contributed by atoms with E-state index < -0.39 is 0 Å². The standard InChI is InChI=1S/C7H5ClNO/c8-6-3-1-2-4-7(6)9-5-10/h1-4H,(H,9,10). The molecule has 1 aromatic carbocycles. The van der Waals surface area contributed by atoms with Gasteiger partial charge in [0.15, 0.2) is 0 Å². The van der Waals surface area contributed by atoms with Gasteiger partial charge in [-0.05, 0) is 12.1 Å². The Labute approximate surface area is 63.8 Å². The number of halogens is 1. The number of hydrogen-bond donors (Lipinski definition) is 1. The molecule has 0 aliphatic rings. The zero-order valence-corrected chi connectivity index (χ0v) is 5.85. The van der Waals surface area contributed by atoms with Crippen LogP contribution in [0, 0.1) is 0 Å². The highest BCUT2D eigenvalue weighted by atomic mass is 35.5. The number of rotatable bonds is 2. The molecular formula is C7H5ClNO. The molecule has 0 bridgehead atoms. The van der Waals surface area contributed by atoms with Gasteiger partial charge in [-0.3, -0.25) is 4.79 Å². The Balaban J connectivity index is 2.91. The molecule has 0 fully saturated rings. The minimum Gasteiger partial charge on any atom is -0.316 e. The first-order valence-corrected chi connectivity index (χ1v) is 3.10. The Morgan fingerprint density at radius 2 is 2.10 bits per heavy atom. The molecule has 0 unspecified atom stereocenters. The molecule has 1 aromatic rings. The molecule has 10 heavy (non-hydrogen) atoms. The van der Waals surface area contributed by atoms with Crippen LogP contribution >= 0.6 is 11.6 Å². The monoisotopic (exact) mass is 154 g/mol. The van der Waals surface area contributed by atoms with Gasteiger partial charge in [0.1, 0.15) is 0 Å². The smallest absolute Gasteiger partial charge is 0.314 e. The maximum absolute atomic E-state index is 9.83. The van der Waals surface area contributed by atoms with Gasteiger partial charge in [-0.1, -0.05) is 23.7 Å². The van der Waals surface area contributed by atoms with Gasteiger partial charge >= 0.3 is 6.41 Å². The van der Waals surface area contributed by atoms with Crippen molar-refractivity contribution in [2.24, 2.45) is 0 Å². The molecule has 0 atom stereocenters. The molecule has 51 valence electrons. The number of para-hydroxylation sites is 1. The average molecular weight is 155 g/mol. The van der Waals surface area contributed by atoms with Crippen LogP contribution < -0.4 is 5.32 Å². The zero-order chi connectivity index (χ0) is 7.40. The van der Waals surface area contributed by atoms with Crippen LogP contribution in [0.2, 0.25) is 5.02 Å². The van der Waals surface area contributed by atoms with Crippen molar-refractivity contribution in [3.05, 3.63) is 29.3 Å². The van der Waals surface area contributed by atoms with Crippen LogP contribution in [0.3, 0.4) is 0 Å². The minimum absolute atomic E-state index is 0.519. The number of hydrogen-bond acceptors (Lipinski definition) is 1. The highest BCUT2D eigenvalue weighted by molar-refractivity contribution is 6.33. The Hall–Kier alpha value is -1.02. The lowest BCUT2D eigenvalue weighted by Crippen LogP contribution is -1.93. The van der Waals surface area contributed by atoms with Gasteiger partial charge in [0, 0.05) is 0 Å². The summed E-state index contributed by atoms with van der Waals surface area (Å²) in [5.41, 5.74) is 0.583. The molecule has 0 heterocycles. The van der Waals surface area contributed by atoms with E-state index in [2.05, 4.69) is 5.32 Å². The summed E-state index contributed by atoms with van der Waals surface area (Å²) < 4.78 is 0. The van der Waals surface area contributed by atoms with Crippen molar-refractivity contribution in [2.75, 3.05) is 5.32 Å². The van der Waals surface area contributed by atoms with Gasteiger partial charge in [-0.15, -0.1) is 0 Å². The van der Waals surface area contributed by atoms with Crippen LogP contribution in [-0.2, 0) is 4.79 Å². The fraction of sp³-hybridized carbons (Fsp3) is 0. The fourth-order valence-corrected chi connectivity index (χ4v) is 0.801. The SMILES string of the molecule is O=[C]Nc1ccccc1Cl. The predicted octanol–water partition coefficient (Wildman–Crippen LogP) is 1.82. The van der Waals surface area contributed by atoms with Crippen LogP contribution in [-0.4, -0.2) is 6.41 Å². The molecule has 0 saturated carbocycles. The molecule has 0 saturated heterocycles. The summed E-state index contributed by atoms with van der Waals surface area (Å²) in [6, 6.07) is 6.97. The second-order valence-electron chi connectivity index (χ2n) is 1.71. The molecule has 1 rings (SSSR count). The van der Waals surface area contributed by atoms with E-state index in [-0.39, 0.29) is 0 Å². The first-order valence-electron chi connectivity index (χ1n) is 2.72. The van der Waals surface area contributed by atoms with Crippen molar-refractivity contribution in [1.29, 1.82) is 0 Å². The van der Waals surface area contributed by atoms with Gasteiger partial charge in [-0.2, -0.15) is 0 Å². The molecule has 0 aliphatic heterocycles. The van der Waals surface area contributed by atoms with Crippen LogP contribution in [0.4, 0.5) is 5.69 Å². The summed E-state index contributed by atoms with van der Waals surface area (Å²) in [5, 5.41) is 2.86. The number of nitrogens with one attached hydrogen (secondary N) is 1. The molecule has 1 N–H and O–H groups in total. The maximum Gasteiger partial charge on any atom is 0.314 e. The normalized spacial score (nSPS) is 8.90. The highest BCUT2D eigenvalue weighted by Gasteiger charge is 1.94. The summed E-state index contributed by atoms with van der Waals surface area (Å²) in [6.45, 7) is 0. The van der Waals surface area contributed by atoms with E-state index in [9.17, 15) is 4.79 Å². The molecule has 0 aliphatic carbocycles. The quantitative estimate of drug-likeness (QED) is 0.647. The number of anilines is 1. The number of benzene rings is 1. The largest absolute Gasteiger partial charge is 0.316 e. The summed E-state index contributed by atoms with van der Waals surface area (Å²) in [6.07, 6.45) is 1.54. The van der Waals surface area contributed by atoms with E-state index in [0.717, 1.165) is 0 Å². The summed E-state index contributed by atoms with van der Waals surface area (Å²) >= 11 is 5.66. The second kappa shape index (κ2) is 3.22. The molecule has 2 nitrogen and oxygen atoms in total. The maximum atomic E-state index is 9.83. The lowest BCUT2D eigenvalue weighted by Gasteiger charge is -1.97. The Morgan fingerprint density at radius 3 is 2.70 bits per heavy atom. The Morgan fingerprint density at radius 1 is 1.40 bits per heavy atom. The molecule has 0 spiro atoms. The fourth-order valence-electron chi connectivity index (χ4n) is 0.618. The van der Waals surface area contributed by atoms with Gasteiger partial charge in [-0.25, -0.2) is 0 Å². The summed E-state index contributed by atoms with van der Waals surface area (Å²) in [5.74, 6) is 0. The third-order valence-electron chi connectivity index (χ3n) is 1.06. The lowest BCUT2D eigenvalue weighted by molar-refractivity contribution is 0.561. The van der Waals surface area contributed by atoms with Gasteiger partial charge in [0.25, 0.3) is 0 Å². The molecule has 0 aromatic heterocycles. The molecular weight excluding hydrogens is 150 g/mol. The van der Waals surface area contributed by atoms with Crippen LogP contribution in [0.25, 0.3) is 0 Å². The molecule has 1 amide bonds. The third-order valence-corrected chi connectivity index (χ3v) is 1.39. The predicted molar refractivity (Wildman–Crippen MR) is 40.8 cm³/mol. The van der Waals surface area contributed by atoms with Crippen molar-refractivity contribution in [3.8, 4) is 0 Å². The Kier molecular flexibility index (Phi) is 2.29. The third kappa shape index (κ3) is 1.48. The van der Waals surface area contributed by atoms with Gasteiger partial charge in [0.05, 0.1) is 10.7 Å². The highest BCUT2D eigenvalue weighted by Crippen LogP contribution is 2.19. The molecule has 3 heteroatoms. The van der Waals surface area contributed by atoms with E-state index in [0.29, 0.717) is 10.7 Å². The van der Waals surface area contributed by atoms with Gasteiger partial charge in [0.2, 0.25) is 0 Å². The van der Waals surface area contributed by atoms with Crippen LogP contribution in [0.15, 0.2) is 24.3 Å². The van der Waals surface area contributed by atoms with E-state index in [4.69, 9.17) is 11.6 Å². The van der Waals surface area contributed by atoms with Crippen molar-refractivity contribution < 1.29 is 4.79 Å². The molecule has 1 radical (unpaired) electrons. The number of amides is 1. The summed E-state index contributed by atoms with van der Waals surface area (Å²) in [7, 11) is 0.